The van der Waals surface area contributed by atoms with E-state index < -0.39 is 0 Å². The van der Waals surface area contributed by atoms with Crippen LogP contribution in [0.5, 0.6) is 0 Å². The molecule has 4 heteroatoms. The third-order valence-electron chi connectivity index (χ3n) is 2.77. The second kappa shape index (κ2) is 5.63. The van der Waals surface area contributed by atoms with Crippen molar-refractivity contribution in [1.29, 1.82) is 0 Å². The van der Waals surface area contributed by atoms with Gasteiger partial charge in [0.15, 0.2) is 0 Å². The Balaban J connectivity index is 2.28. The van der Waals surface area contributed by atoms with E-state index in [2.05, 4.69) is 26.9 Å². The summed E-state index contributed by atoms with van der Waals surface area (Å²) in [6, 6.07) is 13.7. The Bertz CT molecular complexity index is 537. The Morgan fingerprint density at radius 1 is 1.17 bits per heavy atom. The molecule has 0 bridgehead atoms. The van der Waals surface area contributed by atoms with Gasteiger partial charge in [-0.15, -0.1) is 0 Å². The van der Waals surface area contributed by atoms with E-state index >= 15 is 0 Å². The van der Waals surface area contributed by atoms with Crippen LogP contribution in [0.15, 0.2) is 46.9 Å². The smallest absolute Gasteiger partial charge is 0.0789 e. The van der Waals surface area contributed by atoms with Gasteiger partial charge in [-0.3, -0.25) is 0 Å². The van der Waals surface area contributed by atoms with E-state index in [9.17, 15) is 0 Å². The monoisotopic (exact) mass is 324 g/mol. The van der Waals surface area contributed by atoms with Crippen molar-refractivity contribution in [2.24, 2.45) is 0 Å². The Morgan fingerprint density at radius 2 is 1.89 bits per heavy atom. The van der Waals surface area contributed by atoms with Gasteiger partial charge in [-0.25, -0.2) is 0 Å². The van der Waals surface area contributed by atoms with Crippen LogP contribution in [0.4, 0.5) is 11.4 Å². The van der Waals surface area contributed by atoms with Crippen LogP contribution < -0.4 is 10.6 Å². The highest BCUT2D eigenvalue weighted by molar-refractivity contribution is 9.10. The number of anilines is 2. The molecule has 0 saturated heterocycles. The molecule has 2 N–H and O–H groups in total. The van der Waals surface area contributed by atoms with Crippen LogP contribution in [-0.4, -0.2) is 7.05 Å². The standard InChI is InChI=1S/C14H14BrClN2/c1-18(9-10-5-2-3-6-11(10)15)14-12(16)7-4-8-13(14)17/h2-8H,9,17H2,1H3. The average molecular weight is 326 g/mol. The minimum absolute atomic E-state index is 0.671. The van der Waals surface area contributed by atoms with Crippen LogP contribution in [0.3, 0.4) is 0 Å². The molecular formula is C14H14BrClN2. The topological polar surface area (TPSA) is 29.3 Å². The van der Waals surface area contributed by atoms with Gasteiger partial charge in [-0.2, -0.15) is 0 Å². The van der Waals surface area contributed by atoms with Crippen molar-refractivity contribution >= 4 is 38.9 Å². The fourth-order valence-corrected chi connectivity index (χ4v) is 2.63. The van der Waals surface area contributed by atoms with E-state index in [-0.39, 0.29) is 0 Å². The van der Waals surface area contributed by atoms with E-state index in [1.807, 2.05) is 43.4 Å². The summed E-state index contributed by atoms with van der Waals surface area (Å²) in [5.74, 6) is 0. The Kier molecular flexibility index (Phi) is 4.15. The number of halogens is 2. The predicted octanol–water partition coefficient (Wildman–Crippen LogP) is 4.32. The molecule has 0 heterocycles. The predicted molar refractivity (Wildman–Crippen MR) is 82.1 cm³/mol. The lowest BCUT2D eigenvalue weighted by Gasteiger charge is -2.23. The highest BCUT2D eigenvalue weighted by Gasteiger charge is 2.11. The van der Waals surface area contributed by atoms with Crippen molar-refractivity contribution in [3.63, 3.8) is 0 Å². The highest BCUT2D eigenvalue weighted by Crippen LogP contribution is 2.32. The maximum Gasteiger partial charge on any atom is 0.0789 e. The van der Waals surface area contributed by atoms with Crippen molar-refractivity contribution in [3.8, 4) is 0 Å². The highest BCUT2D eigenvalue weighted by atomic mass is 79.9. The Morgan fingerprint density at radius 3 is 2.56 bits per heavy atom. The summed E-state index contributed by atoms with van der Waals surface area (Å²) in [6.07, 6.45) is 0. The quantitative estimate of drug-likeness (QED) is 0.852. The maximum atomic E-state index is 6.20. The number of nitrogens with two attached hydrogens (primary N) is 1. The molecule has 0 fully saturated rings. The molecule has 0 amide bonds. The lowest BCUT2D eigenvalue weighted by Crippen LogP contribution is -2.18. The van der Waals surface area contributed by atoms with Crippen molar-refractivity contribution in [1.82, 2.24) is 0 Å². The zero-order valence-corrected chi connectivity index (χ0v) is 12.4. The van der Waals surface area contributed by atoms with Gasteiger partial charge in [0.25, 0.3) is 0 Å². The van der Waals surface area contributed by atoms with Crippen molar-refractivity contribution in [2.75, 3.05) is 17.7 Å². The van der Waals surface area contributed by atoms with Gasteiger partial charge in [-0.1, -0.05) is 51.8 Å². The van der Waals surface area contributed by atoms with E-state index in [4.69, 9.17) is 17.3 Å². The maximum absolute atomic E-state index is 6.20. The fraction of sp³-hybridized carbons (Fsp3) is 0.143. The first-order chi connectivity index (χ1) is 8.59. The number of rotatable bonds is 3. The first-order valence-corrected chi connectivity index (χ1v) is 6.75. The molecule has 0 atom stereocenters. The van der Waals surface area contributed by atoms with Crippen LogP contribution >= 0.6 is 27.5 Å². The van der Waals surface area contributed by atoms with Crippen LogP contribution in [0.2, 0.25) is 5.02 Å². The summed E-state index contributed by atoms with van der Waals surface area (Å²) in [5, 5.41) is 0.671. The van der Waals surface area contributed by atoms with Gasteiger partial charge >= 0.3 is 0 Å². The average Bonchev–Trinajstić information content (AvgIpc) is 2.32. The molecule has 0 aliphatic rings. The van der Waals surface area contributed by atoms with Crippen molar-refractivity contribution in [3.05, 3.63) is 57.5 Å². The first-order valence-electron chi connectivity index (χ1n) is 5.58. The van der Waals surface area contributed by atoms with Crippen LogP contribution in [-0.2, 0) is 6.54 Å². The summed E-state index contributed by atoms with van der Waals surface area (Å²) < 4.78 is 1.09. The number of hydrogen-bond donors (Lipinski definition) is 1. The zero-order chi connectivity index (χ0) is 13.1. The number of nitrogens with zero attached hydrogens (tertiary/aromatic N) is 1. The molecule has 2 aromatic rings. The largest absolute Gasteiger partial charge is 0.397 e. The molecule has 94 valence electrons. The molecule has 0 unspecified atom stereocenters. The first kappa shape index (κ1) is 13.2. The minimum atomic E-state index is 0.671. The molecule has 0 aromatic heterocycles. The molecular weight excluding hydrogens is 312 g/mol. The summed E-state index contributed by atoms with van der Waals surface area (Å²) >= 11 is 9.74. The third-order valence-corrected chi connectivity index (χ3v) is 3.84. The molecule has 0 aliphatic carbocycles. The molecule has 0 aliphatic heterocycles. The lowest BCUT2D eigenvalue weighted by molar-refractivity contribution is 0.920. The number of benzene rings is 2. The molecule has 2 nitrogen and oxygen atoms in total. The molecule has 0 saturated carbocycles. The SMILES string of the molecule is CN(Cc1ccccc1Br)c1c(N)cccc1Cl. The van der Waals surface area contributed by atoms with Gasteiger partial charge < -0.3 is 10.6 Å². The van der Waals surface area contributed by atoms with E-state index in [0.29, 0.717) is 10.7 Å². The zero-order valence-electron chi connectivity index (χ0n) is 10.0. The lowest BCUT2D eigenvalue weighted by atomic mass is 10.2. The Hall–Kier alpha value is -1.19. The third kappa shape index (κ3) is 2.79. The van der Waals surface area contributed by atoms with Gasteiger partial charge in [-0.05, 0) is 23.8 Å². The van der Waals surface area contributed by atoms with Gasteiger partial charge in [0, 0.05) is 18.1 Å². The number of nitrogen functional groups attached to an aromatic ring is 1. The van der Waals surface area contributed by atoms with E-state index in [0.717, 1.165) is 16.7 Å². The summed E-state index contributed by atoms with van der Waals surface area (Å²) in [6.45, 7) is 0.745. The fourth-order valence-electron chi connectivity index (χ4n) is 1.90. The minimum Gasteiger partial charge on any atom is -0.397 e. The number of para-hydroxylation sites is 1. The van der Waals surface area contributed by atoms with Crippen molar-refractivity contribution in [2.45, 2.75) is 6.54 Å². The number of hydrogen-bond acceptors (Lipinski definition) is 2. The molecule has 2 aromatic carbocycles. The van der Waals surface area contributed by atoms with Crippen molar-refractivity contribution < 1.29 is 0 Å². The molecule has 0 radical (unpaired) electrons. The second-order valence-corrected chi connectivity index (χ2v) is 5.39. The van der Waals surface area contributed by atoms with Gasteiger partial charge in [0.1, 0.15) is 0 Å². The molecule has 0 spiro atoms. The van der Waals surface area contributed by atoms with Crippen LogP contribution in [0.25, 0.3) is 0 Å². The summed E-state index contributed by atoms with van der Waals surface area (Å²) in [5.41, 5.74) is 8.73. The van der Waals surface area contributed by atoms with Gasteiger partial charge in [0.2, 0.25) is 0 Å². The van der Waals surface area contributed by atoms with E-state index in [1.54, 1.807) is 0 Å². The molecule has 2 rings (SSSR count). The summed E-state index contributed by atoms with van der Waals surface area (Å²) in [4.78, 5) is 2.05. The normalized spacial score (nSPS) is 10.4. The van der Waals surface area contributed by atoms with E-state index in [1.165, 1.54) is 5.56 Å². The second-order valence-electron chi connectivity index (χ2n) is 4.13. The molecule has 18 heavy (non-hydrogen) atoms. The Labute approximate surface area is 120 Å². The van der Waals surface area contributed by atoms with Gasteiger partial charge in [0.05, 0.1) is 16.4 Å². The van der Waals surface area contributed by atoms with Crippen LogP contribution in [0, 0.1) is 0 Å². The summed E-state index contributed by atoms with van der Waals surface area (Å²) in [7, 11) is 1.98. The van der Waals surface area contributed by atoms with Crippen LogP contribution in [0.1, 0.15) is 5.56 Å².